The van der Waals surface area contributed by atoms with Crippen molar-refractivity contribution >= 4 is 5.69 Å². The minimum absolute atomic E-state index is 0.198. The van der Waals surface area contributed by atoms with Crippen molar-refractivity contribution in [1.82, 2.24) is 4.90 Å². The minimum atomic E-state index is 0.198. The first kappa shape index (κ1) is 17.4. The summed E-state index contributed by atoms with van der Waals surface area (Å²) in [5.41, 5.74) is 2.27. The monoisotopic (exact) mass is 342 g/mol. The standard InChI is InChI=1S/C20H26N2O3/c1-3-25-19-7-5-4-6-17(19)22-12-10-21(11-13-22)15-16-8-9-20(24-2)18(23)14-16/h4-9,14,23H,3,10-13,15H2,1-2H3. The average Bonchev–Trinajstić information content (AvgIpc) is 2.63. The van der Waals surface area contributed by atoms with Crippen LogP contribution in [0.2, 0.25) is 0 Å². The molecular weight excluding hydrogens is 316 g/mol. The Labute approximate surface area is 149 Å². The molecule has 3 rings (SSSR count). The fourth-order valence-electron chi connectivity index (χ4n) is 3.23. The van der Waals surface area contributed by atoms with Crippen LogP contribution >= 0.6 is 0 Å². The molecule has 2 aromatic carbocycles. The number of phenolic OH excluding ortho intramolecular Hbond substituents is 1. The Morgan fingerprint density at radius 1 is 1.00 bits per heavy atom. The Bertz CT molecular complexity index is 697. The highest BCUT2D eigenvalue weighted by Gasteiger charge is 2.20. The summed E-state index contributed by atoms with van der Waals surface area (Å²) >= 11 is 0. The van der Waals surface area contributed by atoms with E-state index in [1.54, 1.807) is 13.2 Å². The molecule has 25 heavy (non-hydrogen) atoms. The number of hydrogen-bond donors (Lipinski definition) is 1. The Hall–Kier alpha value is -2.40. The number of hydrogen-bond acceptors (Lipinski definition) is 5. The lowest BCUT2D eigenvalue weighted by molar-refractivity contribution is 0.248. The predicted octanol–water partition coefficient (Wildman–Crippen LogP) is 3.12. The normalized spacial score (nSPS) is 15.2. The number of aromatic hydroxyl groups is 1. The Morgan fingerprint density at radius 2 is 1.76 bits per heavy atom. The van der Waals surface area contributed by atoms with Crippen LogP contribution in [0.15, 0.2) is 42.5 Å². The van der Waals surface area contributed by atoms with E-state index in [4.69, 9.17) is 9.47 Å². The Kier molecular flexibility index (Phi) is 5.66. The number of ether oxygens (including phenoxy) is 2. The van der Waals surface area contributed by atoms with Crippen molar-refractivity contribution in [3.8, 4) is 17.2 Å². The first-order chi connectivity index (χ1) is 12.2. The molecule has 5 heteroatoms. The maximum atomic E-state index is 9.93. The number of benzene rings is 2. The average molecular weight is 342 g/mol. The highest BCUT2D eigenvalue weighted by atomic mass is 16.5. The summed E-state index contributed by atoms with van der Waals surface area (Å²) in [5.74, 6) is 1.67. The van der Waals surface area contributed by atoms with Gasteiger partial charge in [-0.1, -0.05) is 18.2 Å². The summed E-state index contributed by atoms with van der Waals surface area (Å²) in [5, 5.41) is 9.93. The Morgan fingerprint density at radius 3 is 2.44 bits per heavy atom. The van der Waals surface area contributed by atoms with Crippen LogP contribution in [0.3, 0.4) is 0 Å². The van der Waals surface area contributed by atoms with Gasteiger partial charge in [-0.2, -0.15) is 0 Å². The van der Waals surface area contributed by atoms with Crippen LogP contribution in [-0.4, -0.2) is 49.9 Å². The number of anilines is 1. The lowest BCUT2D eigenvalue weighted by atomic mass is 10.1. The van der Waals surface area contributed by atoms with Crippen LogP contribution < -0.4 is 14.4 Å². The molecule has 0 radical (unpaired) electrons. The number of phenols is 1. The second kappa shape index (κ2) is 8.12. The number of nitrogens with zero attached hydrogens (tertiary/aromatic N) is 2. The highest BCUT2D eigenvalue weighted by molar-refractivity contribution is 5.58. The zero-order chi connectivity index (χ0) is 17.6. The van der Waals surface area contributed by atoms with Gasteiger partial charge in [0.2, 0.25) is 0 Å². The first-order valence-electron chi connectivity index (χ1n) is 8.76. The fraction of sp³-hybridized carbons (Fsp3) is 0.400. The molecule has 1 aliphatic rings. The molecule has 0 unspecified atom stereocenters. The summed E-state index contributed by atoms with van der Waals surface area (Å²) < 4.78 is 10.9. The van der Waals surface area contributed by atoms with Crippen molar-refractivity contribution in [1.29, 1.82) is 0 Å². The van der Waals surface area contributed by atoms with E-state index in [2.05, 4.69) is 21.9 Å². The van der Waals surface area contributed by atoms with Gasteiger partial charge in [0.25, 0.3) is 0 Å². The van der Waals surface area contributed by atoms with E-state index in [-0.39, 0.29) is 5.75 Å². The quantitative estimate of drug-likeness (QED) is 0.874. The molecule has 1 heterocycles. The van der Waals surface area contributed by atoms with Crippen LogP contribution in [0.5, 0.6) is 17.2 Å². The number of piperazine rings is 1. The van der Waals surface area contributed by atoms with E-state index in [1.165, 1.54) is 5.69 Å². The van der Waals surface area contributed by atoms with E-state index in [0.29, 0.717) is 12.4 Å². The molecular formula is C20H26N2O3. The molecule has 0 atom stereocenters. The van der Waals surface area contributed by atoms with Crippen LogP contribution in [0, 0.1) is 0 Å². The van der Waals surface area contributed by atoms with E-state index in [1.807, 2.05) is 31.2 Å². The summed E-state index contributed by atoms with van der Waals surface area (Å²) in [4.78, 5) is 4.79. The fourth-order valence-corrected chi connectivity index (χ4v) is 3.23. The molecule has 134 valence electrons. The molecule has 0 aliphatic carbocycles. The summed E-state index contributed by atoms with van der Waals surface area (Å²) in [6.45, 7) is 7.41. The summed E-state index contributed by atoms with van der Waals surface area (Å²) in [6, 6.07) is 13.9. The zero-order valence-corrected chi connectivity index (χ0v) is 14.9. The lowest BCUT2D eigenvalue weighted by Crippen LogP contribution is -2.46. The molecule has 0 spiro atoms. The molecule has 0 bridgehead atoms. The van der Waals surface area contributed by atoms with Gasteiger partial charge in [-0.05, 0) is 36.8 Å². The third-order valence-electron chi connectivity index (χ3n) is 4.53. The van der Waals surface area contributed by atoms with Crippen LogP contribution in [0.1, 0.15) is 12.5 Å². The first-order valence-corrected chi connectivity index (χ1v) is 8.76. The molecule has 1 saturated heterocycles. The lowest BCUT2D eigenvalue weighted by Gasteiger charge is -2.36. The molecule has 0 saturated carbocycles. The van der Waals surface area contributed by atoms with Crippen LogP contribution in [0.4, 0.5) is 5.69 Å². The highest BCUT2D eigenvalue weighted by Crippen LogP contribution is 2.30. The third kappa shape index (κ3) is 4.17. The van der Waals surface area contributed by atoms with E-state index in [0.717, 1.165) is 44.0 Å². The minimum Gasteiger partial charge on any atom is -0.504 e. The summed E-state index contributed by atoms with van der Waals surface area (Å²) in [7, 11) is 1.56. The van der Waals surface area contributed by atoms with Gasteiger partial charge in [0, 0.05) is 32.7 Å². The van der Waals surface area contributed by atoms with E-state index in [9.17, 15) is 5.11 Å². The maximum absolute atomic E-state index is 9.93. The molecule has 2 aromatic rings. The van der Waals surface area contributed by atoms with Crippen LogP contribution in [-0.2, 0) is 6.54 Å². The Balaban J connectivity index is 1.60. The van der Waals surface area contributed by atoms with Crippen molar-refractivity contribution in [3.63, 3.8) is 0 Å². The van der Waals surface area contributed by atoms with Gasteiger partial charge >= 0.3 is 0 Å². The van der Waals surface area contributed by atoms with Crippen molar-refractivity contribution in [2.75, 3.05) is 44.8 Å². The van der Waals surface area contributed by atoms with Gasteiger partial charge in [-0.3, -0.25) is 4.90 Å². The molecule has 0 aromatic heterocycles. The van der Waals surface area contributed by atoms with Crippen molar-refractivity contribution in [2.45, 2.75) is 13.5 Å². The smallest absolute Gasteiger partial charge is 0.160 e. The van der Waals surface area contributed by atoms with Gasteiger partial charge in [-0.25, -0.2) is 0 Å². The van der Waals surface area contributed by atoms with Gasteiger partial charge in [0.1, 0.15) is 5.75 Å². The molecule has 1 fully saturated rings. The maximum Gasteiger partial charge on any atom is 0.160 e. The largest absolute Gasteiger partial charge is 0.504 e. The van der Waals surface area contributed by atoms with Gasteiger partial charge < -0.3 is 19.5 Å². The van der Waals surface area contributed by atoms with Crippen molar-refractivity contribution in [3.05, 3.63) is 48.0 Å². The second-order valence-electron chi connectivity index (χ2n) is 6.17. The third-order valence-corrected chi connectivity index (χ3v) is 4.53. The molecule has 0 amide bonds. The second-order valence-corrected chi connectivity index (χ2v) is 6.17. The van der Waals surface area contributed by atoms with Gasteiger partial charge in [-0.15, -0.1) is 0 Å². The van der Waals surface area contributed by atoms with Crippen molar-refractivity contribution < 1.29 is 14.6 Å². The van der Waals surface area contributed by atoms with Gasteiger partial charge in [0.05, 0.1) is 19.4 Å². The van der Waals surface area contributed by atoms with Crippen LogP contribution in [0.25, 0.3) is 0 Å². The number of rotatable bonds is 6. The molecule has 1 N–H and O–H groups in total. The molecule has 1 aliphatic heterocycles. The van der Waals surface area contributed by atoms with E-state index >= 15 is 0 Å². The number of methoxy groups -OCH3 is 1. The SMILES string of the molecule is CCOc1ccccc1N1CCN(Cc2ccc(OC)c(O)c2)CC1. The van der Waals surface area contributed by atoms with Crippen molar-refractivity contribution in [2.24, 2.45) is 0 Å². The predicted molar refractivity (Wildman–Crippen MR) is 99.8 cm³/mol. The topological polar surface area (TPSA) is 45.2 Å². The zero-order valence-electron chi connectivity index (χ0n) is 14.9. The summed E-state index contributed by atoms with van der Waals surface area (Å²) in [6.07, 6.45) is 0. The van der Waals surface area contributed by atoms with E-state index < -0.39 is 0 Å². The molecule has 5 nitrogen and oxygen atoms in total. The number of para-hydroxylation sites is 2. The van der Waals surface area contributed by atoms with Gasteiger partial charge in [0.15, 0.2) is 11.5 Å².